The number of aromatic amines is 1. The normalized spacial score (nSPS) is 11.8. The molecule has 2 aromatic carbocycles. The maximum Gasteiger partial charge on any atom is 0.261 e. The number of nitrogens with one attached hydrogen (secondary N) is 2. The summed E-state index contributed by atoms with van der Waals surface area (Å²) < 4.78 is 27.9. The smallest absolute Gasteiger partial charge is 0.261 e. The van der Waals surface area contributed by atoms with Crippen molar-refractivity contribution in [1.82, 2.24) is 9.97 Å². The summed E-state index contributed by atoms with van der Waals surface area (Å²) >= 11 is 0. The number of anilines is 1. The van der Waals surface area contributed by atoms with Gasteiger partial charge in [0.15, 0.2) is 0 Å². The molecular formula is C16H17N3O2S. The average Bonchev–Trinajstić information content (AvgIpc) is 2.90. The molecule has 0 saturated heterocycles. The number of rotatable bonds is 3. The van der Waals surface area contributed by atoms with Crippen molar-refractivity contribution in [3.8, 4) is 0 Å². The number of imidazole rings is 1. The van der Waals surface area contributed by atoms with Gasteiger partial charge in [-0.1, -0.05) is 17.7 Å². The number of H-pyrrole nitrogens is 1. The van der Waals surface area contributed by atoms with Gasteiger partial charge in [-0.2, -0.15) is 0 Å². The van der Waals surface area contributed by atoms with E-state index in [4.69, 9.17) is 0 Å². The SMILES string of the molecule is Cc1cc(C)c(NS(=O)(=O)c2ccc3nc[nH]c3c2)c(C)c1. The molecule has 114 valence electrons. The standard InChI is InChI=1S/C16H17N3O2S/c1-10-6-11(2)16(12(3)7-10)19-22(20,21)13-4-5-14-15(8-13)18-9-17-14/h4-9,19H,1-3H3,(H,17,18). The zero-order chi connectivity index (χ0) is 15.9. The van der Waals surface area contributed by atoms with Crippen molar-refractivity contribution in [3.63, 3.8) is 0 Å². The Morgan fingerprint density at radius 1 is 1.05 bits per heavy atom. The zero-order valence-electron chi connectivity index (χ0n) is 12.6. The monoisotopic (exact) mass is 315 g/mol. The number of aromatic nitrogens is 2. The molecule has 22 heavy (non-hydrogen) atoms. The van der Waals surface area contributed by atoms with E-state index in [-0.39, 0.29) is 4.90 Å². The second-order valence-corrected chi connectivity index (χ2v) is 7.14. The molecule has 0 atom stereocenters. The second kappa shape index (κ2) is 5.14. The van der Waals surface area contributed by atoms with E-state index in [9.17, 15) is 8.42 Å². The van der Waals surface area contributed by atoms with Crippen molar-refractivity contribution in [2.75, 3.05) is 4.72 Å². The number of nitrogens with zero attached hydrogens (tertiary/aromatic N) is 1. The predicted octanol–water partition coefficient (Wildman–Crippen LogP) is 3.29. The van der Waals surface area contributed by atoms with Crippen LogP contribution in [0.15, 0.2) is 41.6 Å². The van der Waals surface area contributed by atoms with Crippen LogP contribution in [-0.4, -0.2) is 18.4 Å². The molecule has 0 saturated carbocycles. The Hall–Kier alpha value is -2.34. The van der Waals surface area contributed by atoms with Gasteiger partial charge in [0, 0.05) is 0 Å². The van der Waals surface area contributed by atoms with E-state index in [1.54, 1.807) is 24.5 Å². The molecule has 0 fully saturated rings. The summed E-state index contributed by atoms with van der Waals surface area (Å²) in [5.41, 5.74) is 4.99. The van der Waals surface area contributed by atoms with E-state index in [0.717, 1.165) is 22.2 Å². The highest BCUT2D eigenvalue weighted by Gasteiger charge is 2.17. The number of aryl methyl sites for hydroxylation is 3. The van der Waals surface area contributed by atoms with E-state index in [0.29, 0.717) is 11.2 Å². The summed E-state index contributed by atoms with van der Waals surface area (Å²) in [6.07, 6.45) is 1.54. The Balaban J connectivity index is 2.03. The number of sulfonamides is 1. The number of fused-ring (bicyclic) bond motifs is 1. The lowest BCUT2D eigenvalue weighted by atomic mass is 10.1. The highest BCUT2D eigenvalue weighted by Crippen LogP contribution is 2.26. The van der Waals surface area contributed by atoms with Gasteiger partial charge in [0.2, 0.25) is 0 Å². The maximum atomic E-state index is 12.6. The molecule has 3 aromatic rings. The van der Waals surface area contributed by atoms with E-state index in [2.05, 4.69) is 14.7 Å². The van der Waals surface area contributed by atoms with Gasteiger partial charge in [-0.25, -0.2) is 13.4 Å². The van der Waals surface area contributed by atoms with Crippen LogP contribution in [0.4, 0.5) is 5.69 Å². The van der Waals surface area contributed by atoms with Gasteiger partial charge in [-0.15, -0.1) is 0 Å². The van der Waals surface area contributed by atoms with Crippen molar-refractivity contribution < 1.29 is 8.42 Å². The van der Waals surface area contributed by atoms with E-state index >= 15 is 0 Å². The molecule has 3 rings (SSSR count). The van der Waals surface area contributed by atoms with Gasteiger partial charge in [0.1, 0.15) is 0 Å². The van der Waals surface area contributed by atoms with Crippen LogP contribution in [0.25, 0.3) is 11.0 Å². The van der Waals surface area contributed by atoms with Crippen LogP contribution in [0.3, 0.4) is 0 Å². The van der Waals surface area contributed by atoms with Crippen molar-refractivity contribution in [1.29, 1.82) is 0 Å². The molecule has 2 N–H and O–H groups in total. The van der Waals surface area contributed by atoms with Gasteiger partial charge in [0.25, 0.3) is 10.0 Å². The first-order chi connectivity index (χ1) is 10.4. The molecular weight excluding hydrogens is 298 g/mol. The Kier molecular flexibility index (Phi) is 3.41. The number of hydrogen-bond acceptors (Lipinski definition) is 3. The van der Waals surface area contributed by atoms with Crippen molar-refractivity contribution in [2.24, 2.45) is 0 Å². The fourth-order valence-corrected chi connectivity index (χ4v) is 3.84. The third-order valence-electron chi connectivity index (χ3n) is 3.62. The fourth-order valence-electron chi connectivity index (χ4n) is 2.62. The molecule has 0 aliphatic rings. The first-order valence-electron chi connectivity index (χ1n) is 6.90. The Morgan fingerprint density at radius 3 is 2.41 bits per heavy atom. The second-order valence-electron chi connectivity index (χ2n) is 5.46. The minimum Gasteiger partial charge on any atom is -0.345 e. The highest BCUT2D eigenvalue weighted by molar-refractivity contribution is 7.92. The minimum atomic E-state index is -3.64. The summed E-state index contributed by atoms with van der Waals surface area (Å²) in [5.74, 6) is 0. The van der Waals surface area contributed by atoms with Gasteiger partial charge in [-0.3, -0.25) is 4.72 Å². The van der Waals surface area contributed by atoms with Gasteiger partial charge in [0.05, 0.1) is 27.9 Å². The molecule has 0 unspecified atom stereocenters. The third-order valence-corrected chi connectivity index (χ3v) is 4.96. The Morgan fingerprint density at radius 2 is 1.73 bits per heavy atom. The first kappa shape index (κ1) is 14.6. The summed E-state index contributed by atoms with van der Waals surface area (Å²) in [6, 6.07) is 8.76. The lowest BCUT2D eigenvalue weighted by Crippen LogP contribution is -2.14. The topological polar surface area (TPSA) is 74.8 Å². The molecule has 0 bridgehead atoms. The molecule has 0 amide bonds. The summed E-state index contributed by atoms with van der Waals surface area (Å²) in [7, 11) is -3.64. The van der Waals surface area contributed by atoms with Crippen LogP contribution in [0.5, 0.6) is 0 Å². The largest absolute Gasteiger partial charge is 0.345 e. The Labute approximate surface area is 129 Å². The van der Waals surface area contributed by atoms with Gasteiger partial charge in [-0.05, 0) is 50.1 Å². The zero-order valence-corrected chi connectivity index (χ0v) is 13.5. The molecule has 1 heterocycles. The maximum absolute atomic E-state index is 12.6. The van der Waals surface area contributed by atoms with E-state index in [1.807, 2.05) is 32.9 Å². The molecule has 0 aliphatic heterocycles. The lowest BCUT2D eigenvalue weighted by Gasteiger charge is -2.14. The van der Waals surface area contributed by atoms with Crippen LogP contribution >= 0.6 is 0 Å². The van der Waals surface area contributed by atoms with Crippen molar-refractivity contribution in [3.05, 3.63) is 53.3 Å². The molecule has 5 nitrogen and oxygen atoms in total. The molecule has 1 aromatic heterocycles. The Bertz CT molecular complexity index is 935. The first-order valence-corrected chi connectivity index (χ1v) is 8.39. The molecule has 0 aliphatic carbocycles. The van der Waals surface area contributed by atoms with Gasteiger partial charge >= 0.3 is 0 Å². The highest BCUT2D eigenvalue weighted by atomic mass is 32.2. The number of hydrogen-bond donors (Lipinski definition) is 2. The third kappa shape index (κ3) is 2.57. The molecule has 0 spiro atoms. The summed E-state index contributed by atoms with van der Waals surface area (Å²) in [6.45, 7) is 5.79. The molecule has 6 heteroatoms. The predicted molar refractivity (Wildman–Crippen MR) is 87.6 cm³/mol. The molecule has 0 radical (unpaired) electrons. The average molecular weight is 315 g/mol. The van der Waals surface area contributed by atoms with Crippen molar-refractivity contribution >= 4 is 26.7 Å². The van der Waals surface area contributed by atoms with Crippen LogP contribution in [0.2, 0.25) is 0 Å². The summed E-state index contributed by atoms with van der Waals surface area (Å²) in [5, 5.41) is 0. The van der Waals surface area contributed by atoms with Crippen molar-refractivity contribution in [2.45, 2.75) is 25.7 Å². The van der Waals surface area contributed by atoms with Gasteiger partial charge < -0.3 is 4.98 Å². The van der Waals surface area contributed by atoms with E-state index in [1.165, 1.54) is 0 Å². The van der Waals surface area contributed by atoms with Crippen LogP contribution in [0, 0.1) is 20.8 Å². The number of benzene rings is 2. The quantitative estimate of drug-likeness (QED) is 0.779. The van der Waals surface area contributed by atoms with Crippen LogP contribution in [0.1, 0.15) is 16.7 Å². The lowest BCUT2D eigenvalue weighted by molar-refractivity contribution is 0.601. The fraction of sp³-hybridized carbons (Fsp3) is 0.188. The van der Waals surface area contributed by atoms with Crippen LogP contribution in [-0.2, 0) is 10.0 Å². The van der Waals surface area contributed by atoms with E-state index < -0.39 is 10.0 Å². The van der Waals surface area contributed by atoms with Crippen LogP contribution < -0.4 is 4.72 Å². The summed E-state index contributed by atoms with van der Waals surface area (Å²) in [4.78, 5) is 7.23. The minimum absolute atomic E-state index is 0.212.